The molecule has 0 aromatic heterocycles. The zero-order valence-electron chi connectivity index (χ0n) is 16.8. The van der Waals surface area contributed by atoms with Gasteiger partial charge in [-0.2, -0.15) is 0 Å². The first-order valence-electron chi connectivity index (χ1n) is 9.34. The monoisotopic (exact) mass is 557 g/mol. The van der Waals surface area contributed by atoms with Crippen LogP contribution in [0.1, 0.15) is 21.5 Å². The van der Waals surface area contributed by atoms with Gasteiger partial charge in [0.15, 0.2) is 0 Å². The number of nitro groups is 1. The molecule has 0 unspecified atom stereocenters. The lowest BCUT2D eigenvalue weighted by molar-refractivity contribution is -0.384. The summed E-state index contributed by atoms with van der Waals surface area (Å²) in [6, 6.07) is 18.0. The number of nitrogens with one attached hydrogen (secondary N) is 2. The standard InChI is InChI=1S/C23H17Br2N3O4/c1-14-9-10-20(19(25)11-14)26-23(30)21(13-15-5-4-6-16(12-15)28(31)32)27-22(29)17-7-2-3-8-18(17)24/h2-13H,1H3,(H,26,30)(H,27,29)/b21-13-. The van der Waals surface area contributed by atoms with Crippen LogP contribution in [-0.4, -0.2) is 16.7 Å². The molecule has 0 saturated carbocycles. The fourth-order valence-corrected chi connectivity index (χ4v) is 3.86. The van der Waals surface area contributed by atoms with Crippen molar-refractivity contribution < 1.29 is 14.5 Å². The quantitative estimate of drug-likeness (QED) is 0.225. The molecule has 0 saturated heterocycles. The van der Waals surface area contributed by atoms with Crippen LogP contribution in [0.5, 0.6) is 0 Å². The molecule has 0 atom stereocenters. The third-order valence-corrected chi connectivity index (χ3v) is 5.72. The van der Waals surface area contributed by atoms with Gasteiger partial charge in [0, 0.05) is 21.1 Å². The van der Waals surface area contributed by atoms with Crippen molar-refractivity contribution in [1.82, 2.24) is 5.32 Å². The van der Waals surface area contributed by atoms with Crippen molar-refractivity contribution in [2.45, 2.75) is 6.92 Å². The van der Waals surface area contributed by atoms with Crippen LogP contribution in [0.3, 0.4) is 0 Å². The molecule has 7 nitrogen and oxygen atoms in total. The van der Waals surface area contributed by atoms with Gasteiger partial charge in [0.25, 0.3) is 17.5 Å². The number of amides is 2. The maximum absolute atomic E-state index is 13.1. The van der Waals surface area contributed by atoms with Gasteiger partial charge in [-0.25, -0.2) is 0 Å². The number of non-ortho nitro benzene ring substituents is 1. The molecule has 3 aromatic carbocycles. The van der Waals surface area contributed by atoms with E-state index in [1.54, 1.807) is 36.4 Å². The van der Waals surface area contributed by atoms with Gasteiger partial charge >= 0.3 is 0 Å². The number of nitro benzene ring substituents is 1. The number of halogens is 2. The summed E-state index contributed by atoms with van der Waals surface area (Å²) in [6.45, 7) is 1.92. The molecule has 3 aromatic rings. The highest BCUT2D eigenvalue weighted by molar-refractivity contribution is 9.11. The minimum absolute atomic E-state index is 0.0706. The lowest BCUT2D eigenvalue weighted by atomic mass is 10.1. The number of anilines is 1. The Morgan fingerprint density at radius 2 is 1.72 bits per heavy atom. The van der Waals surface area contributed by atoms with Crippen LogP contribution in [-0.2, 0) is 4.79 Å². The maximum Gasteiger partial charge on any atom is 0.272 e. The second-order valence-corrected chi connectivity index (χ2v) is 8.49. The Kier molecular flexibility index (Phi) is 7.55. The number of benzene rings is 3. The molecular weight excluding hydrogens is 542 g/mol. The largest absolute Gasteiger partial charge is 0.320 e. The predicted octanol–water partition coefficient (Wildman–Crippen LogP) is 5.84. The van der Waals surface area contributed by atoms with Crippen LogP contribution in [0.4, 0.5) is 11.4 Å². The van der Waals surface area contributed by atoms with Crippen LogP contribution in [0.15, 0.2) is 81.4 Å². The van der Waals surface area contributed by atoms with E-state index in [1.165, 1.54) is 24.3 Å². The van der Waals surface area contributed by atoms with Crippen molar-refractivity contribution >= 4 is 61.1 Å². The first kappa shape index (κ1) is 23.4. The van der Waals surface area contributed by atoms with E-state index in [-0.39, 0.29) is 11.4 Å². The molecule has 32 heavy (non-hydrogen) atoms. The van der Waals surface area contributed by atoms with Crippen molar-refractivity contribution in [3.63, 3.8) is 0 Å². The van der Waals surface area contributed by atoms with Crippen LogP contribution < -0.4 is 10.6 Å². The fourth-order valence-electron chi connectivity index (χ4n) is 2.80. The predicted molar refractivity (Wildman–Crippen MR) is 130 cm³/mol. The molecule has 2 N–H and O–H groups in total. The average molecular weight is 559 g/mol. The third kappa shape index (κ3) is 5.89. The first-order valence-corrected chi connectivity index (χ1v) is 10.9. The topological polar surface area (TPSA) is 101 Å². The van der Waals surface area contributed by atoms with Gasteiger partial charge in [-0.05, 0) is 80.3 Å². The number of carbonyl (C=O) groups excluding carboxylic acids is 2. The van der Waals surface area contributed by atoms with Crippen LogP contribution in [0.25, 0.3) is 6.08 Å². The zero-order valence-corrected chi connectivity index (χ0v) is 19.9. The van der Waals surface area contributed by atoms with Gasteiger partial charge in [-0.15, -0.1) is 0 Å². The highest BCUT2D eigenvalue weighted by Crippen LogP contribution is 2.24. The second-order valence-electron chi connectivity index (χ2n) is 6.78. The molecule has 0 bridgehead atoms. The van der Waals surface area contributed by atoms with Crippen molar-refractivity contribution in [3.05, 3.63) is 108 Å². The van der Waals surface area contributed by atoms with Gasteiger partial charge in [0.05, 0.1) is 16.2 Å². The Balaban J connectivity index is 1.97. The maximum atomic E-state index is 13.1. The van der Waals surface area contributed by atoms with E-state index >= 15 is 0 Å². The Labute approximate surface area is 200 Å². The normalized spacial score (nSPS) is 11.0. The summed E-state index contributed by atoms with van der Waals surface area (Å²) in [5.41, 5.74) is 2.04. The Morgan fingerprint density at radius 3 is 2.41 bits per heavy atom. The molecule has 0 spiro atoms. The molecule has 0 aliphatic carbocycles. The number of carbonyl (C=O) groups is 2. The molecule has 0 aliphatic heterocycles. The van der Waals surface area contributed by atoms with Crippen molar-refractivity contribution in [3.8, 4) is 0 Å². The van der Waals surface area contributed by atoms with Crippen molar-refractivity contribution in [2.24, 2.45) is 0 Å². The van der Waals surface area contributed by atoms with E-state index in [9.17, 15) is 19.7 Å². The Hall–Kier alpha value is -3.30. The van der Waals surface area contributed by atoms with E-state index in [0.29, 0.717) is 25.8 Å². The van der Waals surface area contributed by atoms with Crippen molar-refractivity contribution in [1.29, 1.82) is 0 Å². The summed E-state index contributed by atoms with van der Waals surface area (Å²) in [7, 11) is 0. The van der Waals surface area contributed by atoms with Crippen molar-refractivity contribution in [2.75, 3.05) is 5.32 Å². The van der Waals surface area contributed by atoms with Crippen LogP contribution in [0, 0.1) is 17.0 Å². The molecule has 0 fully saturated rings. The van der Waals surface area contributed by atoms with E-state index in [2.05, 4.69) is 42.5 Å². The zero-order chi connectivity index (χ0) is 23.3. The van der Waals surface area contributed by atoms with E-state index in [4.69, 9.17) is 0 Å². The van der Waals surface area contributed by atoms with Gasteiger partial charge in [-0.1, -0.05) is 30.3 Å². The van der Waals surface area contributed by atoms with Gasteiger partial charge in [0.2, 0.25) is 0 Å². The minimum atomic E-state index is -0.582. The van der Waals surface area contributed by atoms with Crippen LogP contribution in [0.2, 0.25) is 0 Å². The summed E-state index contributed by atoms with van der Waals surface area (Å²) >= 11 is 6.74. The fraction of sp³-hybridized carbons (Fsp3) is 0.0435. The van der Waals surface area contributed by atoms with E-state index in [1.807, 2.05) is 19.1 Å². The molecule has 0 heterocycles. The van der Waals surface area contributed by atoms with Gasteiger partial charge in [0.1, 0.15) is 5.70 Å². The smallest absolute Gasteiger partial charge is 0.272 e. The lowest BCUT2D eigenvalue weighted by Crippen LogP contribution is -2.31. The Morgan fingerprint density at radius 1 is 0.969 bits per heavy atom. The number of hydrogen-bond acceptors (Lipinski definition) is 4. The van der Waals surface area contributed by atoms with Crippen LogP contribution >= 0.6 is 31.9 Å². The molecular formula is C23H17Br2N3O4. The molecule has 2 amide bonds. The number of hydrogen-bond donors (Lipinski definition) is 2. The summed E-state index contributed by atoms with van der Waals surface area (Å²) < 4.78 is 1.24. The summed E-state index contributed by atoms with van der Waals surface area (Å²) in [5.74, 6) is -1.09. The van der Waals surface area contributed by atoms with Gasteiger partial charge < -0.3 is 10.6 Å². The number of nitrogens with zero attached hydrogens (tertiary/aromatic N) is 1. The average Bonchev–Trinajstić information content (AvgIpc) is 2.75. The number of aryl methyl sites for hydroxylation is 1. The molecule has 0 radical (unpaired) electrons. The molecule has 162 valence electrons. The molecule has 3 rings (SSSR count). The first-order chi connectivity index (χ1) is 15.2. The summed E-state index contributed by atoms with van der Waals surface area (Å²) in [6.07, 6.45) is 1.39. The van der Waals surface area contributed by atoms with E-state index < -0.39 is 16.7 Å². The Bertz CT molecular complexity index is 1240. The molecule has 9 heteroatoms. The van der Waals surface area contributed by atoms with Gasteiger partial charge in [-0.3, -0.25) is 19.7 Å². The molecule has 0 aliphatic rings. The van der Waals surface area contributed by atoms with E-state index in [0.717, 1.165) is 5.56 Å². The minimum Gasteiger partial charge on any atom is -0.320 e. The SMILES string of the molecule is Cc1ccc(NC(=O)/C(=C/c2cccc([N+](=O)[O-])c2)NC(=O)c2ccccc2Br)c(Br)c1. The highest BCUT2D eigenvalue weighted by atomic mass is 79.9. The highest BCUT2D eigenvalue weighted by Gasteiger charge is 2.18. The summed E-state index contributed by atoms with van der Waals surface area (Å²) in [4.78, 5) is 36.5. The summed E-state index contributed by atoms with van der Waals surface area (Å²) in [5, 5.41) is 16.5. The lowest BCUT2D eigenvalue weighted by Gasteiger charge is -2.13. The third-order valence-electron chi connectivity index (χ3n) is 4.38. The number of rotatable bonds is 6. The second kappa shape index (κ2) is 10.3.